The van der Waals surface area contributed by atoms with Crippen LogP contribution < -0.4 is 0 Å². The predicted octanol–water partition coefficient (Wildman–Crippen LogP) is 4.18. The summed E-state index contributed by atoms with van der Waals surface area (Å²) in [7, 11) is -0.665. The predicted molar refractivity (Wildman–Crippen MR) is 117 cm³/mol. The zero-order valence-corrected chi connectivity index (χ0v) is 17.5. The van der Waals surface area contributed by atoms with E-state index in [4.69, 9.17) is 11.6 Å². The lowest BCUT2D eigenvalue weighted by Gasteiger charge is -2.09. The van der Waals surface area contributed by atoms with Crippen LogP contribution in [0.25, 0.3) is 0 Å². The van der Waals surface area contributed by atoms with Crippen molar-refractivity contribution in [2.45, 2.75) is 4.90 Å². The average Bonchev–Trinajstić information content (AvgIpc) is 2.73. The molecule has 0 spiro atoms. The van der Waals surface area contributed by atoms with Crippen molar-refractivity contribution in [1.82, 2.24) is 9.88 Å². The van der Waals surface area contributed by atoms with E-state index in [1.807, 2.05) is 60.7 Å². The Hall–Kier alpha value is -3.03. The van der Waals surface area contributed by atoms with Gasteiger partial charge in [0.15, 0.2) is 0 Å². The summed E-state index contributed by atoms with van der Waals surface area (Å²) in [6.07, 6.45) is 2.63. The Bertz CT molecular complexity index is 1100. The minimum atomic E-state index is -4.01. The van der Waals surface area contributed by atoms with Crippen molar-refractivity contribution < 1.29 is 8.42 Å². The van der Waals surface area contributed by atoms with Crippen LogP contribution in [0.1, 0.15) is 11.1 Å². The third kappa shape index (κ3) is 5.28. The summed E-state index contributed by atoms with van der Waals surface area (Å²) in [4.78, 5) is 10.0. The van der Waals surface area contributed by atoms with E-state index < -0.39 is 10.0 Å². The average molecular weight is 427 g/mol. The summed E-state index contributed by atoms with van der Waals surface area (Å²) in [6.45, 7) is 0. The number of aromatic nitrogens is 1. The number of aliphatic imine (C=N–C) groups is 1. The number of halogens is 1. The molecule has 3 aromatic rings. The molecule has 0 atom stereocenters. The zero-order chi connectivity index (χ0) is 20.9. The van der Waals surface area contributed by atoms with Gasteiger partial charge in [-0.3, -0.25) is 0 Å². The molecule has 0 N–H and O–H groups in total. The van der Waals surface area contributed by atoms with Crippen LogP contribution in [0.2, 0.25) is 5.15 Å². The number of benzene rings is 2. The number of pyridine rings is 1. The molecule has 8 heteroatoms. The fourth-order valence-corrected chi connectivity index (χ4v) is 3.85. The van der Waals surface area contributed by atoms with Gasteiger partial charge in [-0.1, -0.05) is 72.3 Å². The number of sulfonamides is 1. The molecule has 0 amide bonds. The first-order chi connectivity index (χ1) is 13.9. The lowest BCUT2D eigenvalue weighted by molar-refractivity contribution is 0.594. The van der Waals surface area contributed by atoms with Crippen molar-refractivity contribution in [1.29, 1.82) is 0 Å². The third-order valence-electron chi connectivity index (χ3n) is 3.82. The molecule has 0 aliphatic heterocycles. The van der Waals surface area contributed by atoms with Crippen LogP contribution >= 0.6 is 11.6 Å². The second-order valence-corrected chi connectivity index (χ2v) is 8.29. The van der Waals surface area contributed by atoms with Gasteiger partial charge in [0.2, 0.25) is 0 Å². The molecule has 0 saturated heterocycles. The highest BCUT2D eigenvalue weighted by Gasteiger charge is 2.19. The van der Waals surface area contributed by atoms with Crippen molar-refractivity contribution in [3.8, 4) is 0 Å². The van der Waals surface area contributed by atoms with Crippen LogP contribution in [0, 0.1) is 0 Å². The molecule has 1 heterocycles. The third-order valence-corrected chi connectivity index (χ3v) is 5.47. The van der Waals surface area contributed by atoms with Crippen molar-refractivity contribution in [3.63, 3.8) is 0 Å². The molecule has 2 aromatic carbocycles. The summed E-state index contributed by atoms with van der Waals surface area (Å²) >= 11 is 6.04. The van der Waals surface area contributed by atoms with Gasteiger partial charge >= 0.3 is 0 Å². The van der Waals surface area contributed by atoms with Gasteiger partial charge in [-0.2, -0.15) is 8.42 Å². The second-order valence-electron chi connectivity index (χ2n) is 6.33. The first-order valence-electron chi connectivity index (χ1n) is 8.69. The molecular formula is C21H19ClN4O2S. The smallest absolute Gasteiger partial charge is 0.286 e. The Morgan fingerprint density at radius 1 is 1.00 bits per heavy atom. The minimum Gasteiger partial charge on any atom is -0.368 e. The molecule has 0 bridgehead atoms. The highest BCUT2D eigenvalue weighted by molar-refractivity contribution is 7.90. The van der Waals surface area contributed by atoms with Gasteiger partial charge in [0.1, 0.15) is 16.4 Å². The number of nitrogens with zero attached hydrogens (tertiary/aromatic N) is 4. The van der Waals surface area contributed by atoms with E-state index >= 15 is 0 Å². The van der Waals surface area contributed by atoms with Gasteiger partial charge in [-0.25, -0.2) is 9.98 Å². The summed E-state index contributed by atoms with van der Waals surface area (Å²) in [5.74, 6) is 0. The van der Waals surface area contributed by atoms with Crippen LogP contribution in [-0.4, -0.2) is 44.4 Å². The van der Waals surface area contributed by atoms with Gasteiger partial charge in [-0.05, 0) is 6.07 Å². The van der Waals surface area contributed by atoms with Crippen molar-refractivity contribution in [2.75, 3.05) is 14.1 Å². The molecule has 1 aromatic heterocycles. The molecule has 148 valence electrons. The van der Waals surface area contributed by atoms with E-state index in [9.17, 15) is 8.42 Å². The molecule has 0 aliphatic rings. The van der Waals surface area contributed by atoms with E-state index in [1.165, 1.54) is 23.5 Å². The number of rotatable bonds is 6. The SMILES string of the molecule is CN(C)C=NS(=O)(=O)c1cc(N=C(c2ccccc2)c2ccccc2)cnc1Cl. The Morgan fingerprint density at radius 3 is 2.07 bits per heavy atom. The molecular weight excluding hydrogens is 408 g/mol. The Balaban J connectivity index is 2.12. The standard InChI is InChI=1S/C21H19ClN4O2S/c1-26(2)15-24-29(27,28)19-13-18(14-23-21(19)22)25-20(16-9-5-3-6-10-16)17-11-7-4-8-12-17/h3-15H,1-2H3. The molecule has 0 unspecified atom stereocenters. The van der Waals surface area contributed by atoms with Crippen LogP contribution in [0.15, 0.2) is 87.2 Å². The number of hydrogen-bond donors (Lipinski definition) is 0. The van der Waals surface area contributed by atoms with E-state index in [2.05, 4.69) is 14.4 Å². The maximum absolute atomic E-state index is 12.5. The van der Waals surface area contributed by atoms with Crippen LogP contribution in [-0.2, 0) is 10.0 Å². The van der Waals surface area contributed by atoms with Crippen molar-refractivity contribution in [2.24, 2.45) is 9.39 Å². The zero-order valence-electron chi connectivity index (χ0n) is 15.9. The summed E-state index contributed by atoms with van der Waals surface area (Å²) in [5, 5.41) is -0.152. The minimum absolute atomic E-state index is 0.152. The molecule has 29 heavy (non-hydrogen) atoms. The van der Waals surface area contributed by atoms with Crippen LogP contribution in [0.5, 0.6) is 0 Å². The lowest BCUT2D eigenvalue weighted by Crippen LogP contribution is -2.10. The van der Waals surface area contributed by atoms with Crippen LogP contribution in [0.3, 0.4) is 0 Å². The topological polar surface area (TPSA) is 75.0 Å². The largest absolute Gasteiger partial charge is 0.368 e. The normalized spacial score (nSPS) is 11.4. The van der Waals surface area contributed by atoms with Crippen molar-refractivity contribution in [3.05, 3.63) is 89.2 Å². The molecule has 6 nitrogen and oxygen atoms in total. The first kappa shape index (κ1) is 20.7. The first-order valence-corrected chi connectivity index (χ1v) is 10.5. The van der Waals surface area contributed by atoms with Crippen LogP contribution in [0.4, 0.5) is 5.69 Å². The van der Waals surface area contributed by atoms with Gasteiger partial charge in [0.25, 0.3) is 10.0 Å². The molecule has 0 radical (unpaired) electrons. The highest BCUT2D eigenvalue weighted by atomic mass is 35.5. The lowest BCUT2D eigenvalue weighted by atomic mass is 10.0. The Kier molecular flexibility index (Phi) is 6.41. The summed E-state index contributed by atoms with van der Waals surface area (Å²) in [5.41, 5.74) is 2.83. The summed E-state index contributed by atoms with van der Waals surface area (Å²) in [6, 6.07) is 20.6. The van der Waals surface area contributed by atoms with E-state index in [-0.39, 0.29) is 10.0 Å². The van der Waals surface area contributed by atoms with Gasteiger partial charge in [0, 0.05) is 25.2 Å². The van der Waals surface area contributed by atoms with E-state index in [0.29, 0.717) is 11.4 Å². The van der Waals surface area contributed by atoms with Gasteiger partial charge in [0.05, 0.1) is 17.6 Å². The van der Waals surface area contributed by atoms with Crippen molar-refractivity contribution >= 4 is 39.4 Å². The molecule has 3 rings (SSSR count). The maximum Gasteiger partial charge on any atom is 0.286 e. The fraction of sp³-hybridized carbons (Fsp3) is 0.0952. The van der Waals surface area contributed by atoms with E-state index in [0.717, 1.165) is 11.1 Å². The molecule has 0 fully saturated rings. The van der Waals surface area contributed by atoms with E-state index in [1.54, 1.807) is 14.1 Å². The number of hydrogen-bond acceptors (Lipinski definition) is 4. The quantitative estimate of drug-likeness (QED) is 0.336. The van der Waals surface area contributed by atoms with Gasteiger partial charge in [-0.15, -0.1) is 4.40 Å². The second kappa shape index (κ2) is 8.98. The molecule has 0 saturated carbocycles. The maximum atomic E-state index is 12.5. The summed E-state index contributed by atoms with van der Waals surface area (Å²) < 4.78 is 28.7. The Morgan fingerprint density at radius 2 is 1.55 bits per heavy atom. The van der Waals surface area contributed by atoms with Gasteiger partial charge < -0.3 is 4.90 Å². The highest BCUT2D eigenvalue weighted by Crippen LogP contribution is 2.27. The Labute approximate surface area is 175 Å². The monoisotopic (exact) mass is 426 g/mol. The fourth-order valence-electron chi connectivity index (χ4n) is 2.49. The molecule has 0 aliphatic carbocycles.